The molecule has 80 valence electrons. The monoisotopic (exact) mass is 197 g/mol. The molecular formula is C10H19N3O. The van der Waals surface area contributed by atoms with E-state index >= 15 is 0 Å². The summed E-state index contributed by atoms with van der Waals surface area (Å²) in [6, 6.07) is 0.302. The summed E-state index contributed by atoms with van der Waals surface area (Å²) >= 11 is 0. The average molecular weight is 197 g/mol. The molecule has 0 aliphatic carbocycles. The van der Waals surface area contributed by atoms with Crippen molar-refractivity contribution in [1.29, 1.82) is 0 Å². The summed E-state index contributed by atoms with van der Waals surface area (Å²) in [5, 5.41) is 17.1. The fourth-order valence-corrected chi connectivity index (χ4v) is 1.48. The summed E-state index contributed by atoms with van der Waals surface area (Å²) in [4.78, 5) is 0. The molecule has 0 radical (unpaired) electrons. The van der Waals surface area contributed by atoms with Gasteiger partial charge in [0.1, 0.15) is 5.69 Å². The Bertz CT molecular complexity index is 292. The third kappa shape index (κ3) is 2.32. The molecule has 0 unspecified atom stereocenters. The van der Waals surface area contributed by atoms with Crippen LogP contribution in [0.2, 0.25) is 0 Å². The van der Waals surface area contributed by atoms with Crippen molar-refractivity contribution in [2.24, 2.45) is 5.92 Å². The summed E-state index contributed by atoms with van der Waals surface area (Å²) in [7, 11) is 0. The molecular weight excluding hydrogens is 178 g/mol. The Morgan fingerprint density at radius 1 is 1.29 bits per heavy atom. The molecule has 1 aromatic heterocycles. The van der Waals surface area contributed by atoms with Crippen LogP contribution in [0, 0.1) is 5.92 Å². The van der Waals surface area contributed by atoms with Crippen molar-refractivity contribution in [3.8, 4) is 0 Å². The van der Waals surface area contributed by atoms with E-state index < -0.39 is 0 Å². The van der Waals surface area contributed by atoms with E-state index in [1.54, 1.807) is 0 Å². The number of aromatic nitrogens is 3. The van der Waals surface area contributed by atoms with Gasteiger partial charge in [-0.25, -0.2) is 4.68 Å². The van der Waals surface area contributed by atoms with Crippen LogP contribution in [0.4, 0.5) is 0 Å². The van der Waals surface area contributed by atoms with E-state index in [4.69, 9.17) is 5.11 Å². The highest BCUT2D eigenvalue weighted by Gasteiger charge is 2.14. The fourth-order valence-electron chi connectivity index (χ4n) is 1.48. The second kappa shape index (κ2) is 4.55. The lowest BCUT2D eigenvalue weighted by Gasteiger charge is -2.12. The largest absolute Gasteiger partial charge is 0.390 e. The Kier molecular flexibility index (Phi) is 3.63. The van der Waals surface area contributed by atoms with Crippen LogP contribution < -0.4 is 0 Å². The van der Waals surface area contributed by atoms with E-state index in [-0.39, 0.29) is 6.61 Å². The minimum Gasteiger partial charge on any atom is -0.390 e. The van der Waals surface area contributed by atoms with Gasteiger partial charge in [-0.2, -0.15) is 0 Å². The molecule has 0 spiro atoms. The number of hydrogen-bond acceptors (Lipinski definition) is 3. The van der Waals surface area contributed by atoms with Gasteiger partial charge in [0.25, 0.3) is 0 Å². The predicted octanol–water partition coefficient (Wildman–Crippen LogP) is 1.55. The smallest absolute Gasteiger partial charge is 0.111 e. The number of aliphatic hydroxyl groups is 1. The van der Waals surface area contributed by atoms with E-state index in [0.717, 1.165) is 12.1 Å². The molecule has 14 heavy (non-hydrogen) atoms. The molecule has 0 bridgehead atoms. The molecule has 1 rings (SSSR count). The quantitative estimate of drug-likeness (QED) is 0.796. The second-order valence-corrected chi connectivity index (χ2v) is 4.28. The van der Waals surface area contributed by atoms with Crippen LogP contribution in [0.15, 0.2) is 0 Å². The molecule has 0 amide bonds. The van der Waals surface area contributed by atoms with Crippen molar-refractivity contribution in [1.82, 2.24) is 15.0 Å². The summed E-state index contributed by atoms with van der Waals surface area (Å²) < 4.78 is 1.89. The molecule has 0 fully saturated rings. The molecule has 0 aliphatic rings. The van der Waals surface area contributed by atoms with E-state index in [1.807, 2.05) is 4.68 Å². The number of hydrogen-bond donors (Lipinski definition) is 1. The molecule has 0 atom stereocenters. The van der Waals surface area contributed by atoms with Crippen molar-refractivity contribution in [3.05, 3.63) is 11.4 Å². The topological polar surface area (TPSA) is 50.9 Å². The molecule has 1 N–H and O–H groups in total. The van der Waals surface area contributed by atoms with Gasteiger partial charge in [-0.05, 0) is 26.2 Å². The second-order valence-electron chi connectivity index (χ2n) is 4.28. The van der Waals surface area contributed by atoms with Crippen LogP contribution in [0.3, 0.4) is 0 Å². The molecule has 0 aromatic carbocycles. The van der Waals surface area contributed by atoms with Crippen LogP contribution in [0.1, 0.15) is 45.1 Å². The first-order valence-corrected chi connectivity index (χ1v) is 5.10. The normalized spacial score (nSPS) is 11.6. The van der Waals surface area contributed by atoms with E-state index in [0.29, 0.717) is 17.7 Å². The number of rotatable bonds is 4. The highest BCUT2D eigenvalue weighted by atomic mass is 16.3. The molecule has 0 aliphatic heterocycles. The van der Waals surface area contributed by atoms with Gasteiger partial charge in [-0.15, -0.1) is 5.10 Å². The minimum atomic E-state index is -0.0191. The summed E-state index contributed by atoms with van der Waals surface area (Å²) in [6.07, 6.45) is 0.918. The summed E-state index contributed by atoms with van der Waals surface area (Å²) in [5.41, 5.74) is 1.78. The van der Waals surface area contributed by atoms with Crippen molar-refractivity contribution in [2.45, 2.75) is 46.8 Å². The first-order valence-electron chi connectivity index (χ1n) is 5.10. The maximum Gasteiger partial charge on any atom is 0.111 e. The van der Waals surface area contributed by atoms with Gasteiger partial charge < -0.3 is 5.11 Å². The average Bonchev–Trinajstić information content (AvgIpc) is 2.46. The Balaban J connectivity index is 3.00. The van der Waals surface area contributed by atoms with Gasteiger partial charge in [0, 0.05) is 6.04 Å². The van der Waals surface area contributed by atoms with E-state index in [1.165, 1.54) is 0 Å². The molecule has 1 heterocycles. The van der Waals surface area contributed by atoms with Gasteiger partial charge >= 0.3 is 0 Å². The van der Waals surface area contributed by atoms with Gasteiger partial charge in [0.05, 0.1) is 12.3 Å². The Morgan fingerprint density at radius 3 is 2.36 bits per heavy atom. The first kappa shape index (κ1) is 11.2. The van der Waals surface area contributed by atoms with Gasteiger partial charge in [-0.3, -0.25) is 0 Å². The number of aliphatic hydroxyl groups excluding tert-OH is 1. The summed E-state index contributed by atoms with van der Waals surface area (Å²) in [5.74, 6) is 0.552. The van der Waals surface area contributed by atoms with Crippen molar-refractivity contribution < 1.29 is 5.11 Å². The number of nitrogens with zero attached hydrogens (tertiary/aromatic N) is 3. The highest BCUT2D eigenvalue weighted by Crippen LogP contribution is 2.15. The Hall–Kier alpha value is -0.900. The van der Waals surface area contributed by atoms with E-state index in [2.05, 4.69) is 38.0 Å². The first-order chi connectivity index (χ1) is 6.56. The lowest BCUT2D eigenvalue weighted by Crippen LogP contribution is -2.11. The maximum atomic E-state index is 9.11. The summed E-state index contributed by atoms with van der Waals surface area (Å²) in [6.45, 7) is 8.42. The zero-order chi connectivity index (χ0) is 10.7. The minimum absolute atomic E-state index is 0.0191. The Labute approximate surface area is 84.9 Å². The third-order valence-electron chi connectivity index (χ3n) is 2.11. The predicted molar refractivity (Wildman–Crippen MR) is 54.9 cm³/mol. The van der Waals surface area contributed by atoms with Crippen LogP contribution in [0.5, 0.6) is 0 Å². The molecule has 1 aromatic rings. The molecule has 4 heteroatoms. The third-order valence-corrected chi connectivity index (χ3v) is 2.11. The van der Waals surface area contributed by atoms with Crippen LogP contribution in [0.25, 0.3) is 0 Å². The van der Waals surface area contributed by atoms with Crippen molar-refractivity contribution in [3.63, 3.8) is 0 Å². The van der Waals surface area contributed by atoms with Crippen molar-refractivity contribution >= 4 is 0 Å². The fraction of sp³-hybridized carbons (Fsp3) is 0.800. The zero-order valence-electron chi connectivity index (χ0n) is 9.36. The standard InChI is InChI=1S/C10H19N3O/c1-7(2)5-10-9(6-14)11-12-13(10)8(3)4/h7-8,14H,5-6H2,1-4H3. The lowest BCUT2D eigenvalue weighted by molar-refractivity contribution is 0.275. The van der Waals surface area contributed by atoms with Crippen LogP contribution in [-0.4, -0.2) is 20.1 Å². The van der Waals surface area contributed by atoms with E-state index in [9.17, 15) is 0 Å². The molecule has 0 saturated carbocycles. The van der Waals surface area contributed by atoms with Gasteiger partial charge in [0.15, 0.2) is 0 Å². The SMILES string of the molecule is CC(C)Cc1c(CO)nnn1C(C)C. The van der Waals surface area contributed by atoms with Gasteiger partial charge in [-0.1, -0.05) is 19.1 Å². The maximum absolute atomic E-state index is 9.11. The van der Waals surface area contributed by atoms with Crippen LogP contribution in [-0.2, 0) is 13.0 Å². The van der Waals surface area contributed by atoms with Crippen LogP contribution >= 0.6 is 0 Å². The zero-order valence-corrected chi connectivity index (χ0v) is 9.36. The highest BCUT2D eigenvalue weighted by molar-refractivity contribution is 5.10. The Morgan fingerprint density at radius 2 is 1.93 bits per heavy atom. The van der Waals surface area contributed by atoms with Crippen molar-refractivity contribution in [2.75, 3.05) is 0 Å². The molecule has 0 saturated heterocycles. The van der Waals surface area contributed by atoms with Gasteiger partial charge in [0.2, 0.25) is 0 Å². The molecule has 4 nitrogen and oxygen atoms in total. The lowest BCUT2D eigenvalue weighted by atomic mass is 10.1.